The maximum atomic E-state index is 12.9. The van der Waals surface area contributed by atoms with Crippen LogP contribution in [0, 0.1) is 0 Å². The minimum absolute atomic E-state index is 0.117. The molecule has 2 aliphatic rings. The second-order valence-electron chi connectivity index (χ2n) is 6.97. The molecule has 0 aliphatic carbocycles. The Morgan fingerprint density at radius 1 is 0.963 bits per heavy atom. The highest BCUT2D eigenvalue weighted by molar-refractivity contribution is 7.89. The van der Waals surface area contributed by atoms with Gasteiger partial charge in [-0.05, 0) is 67.6 Å². The molecule has 0 spiro atoms. The van der Waals surface area contributed by atoms with Gasteiger partial charge in [0.05, 0.1) is 4.90 Å². The molecular formula is C20H21ClN2O3S. The molecule has 142 valence electrons. The molecule has 2 aromatic rings. The third-order valence-corrected chi connectivity index (χ3v) is 7.32. The monoisotopic (exact) mass is 404 g/mol. The molecule has 0 aromatic heterocycles. The van der Waals surface area contributed by atoms with E-state index in [4.69, 9.17) is 11.6 Å². The molecular weight excluding hydrogens is 384 g/mol. The fourth-order valence-corrected chi connectivity index (χ4v) is 5.56. The first kappa shape index (κ1) is 18.5. The summed E-state index contributed by atoms with van der Waals surface area (Å²) in [7, 11) is -3.46. The fourth-order valence-electron chi connectivity index (χ4n) is 3.80. The Bertz CT molecular complexity index is 984. The highest BCUT2D eigenvalue weighted by Crippen LogP contribution is 2.32. The van der Waals surface area contributed by atoms with Crippen molar-refractivity contribution in [1.82, 2.24) is 4.31 Å². The number of hydrogen-bond acceptors (Lipinski definition) is 3. The topological polar surface area (TPSA) is 57.7 Å². The predicted molar refractivity (Wildman–Crippen MR) is 106 cm³/mol. The molecule has 27 heavy (non-hydrogen) atoms. The first-order chi connectivity index (χ1) is 13.0. The number of rotatable bonds is 3. The van der Waals surface area contributed by atoms with Crippen LogP contribution in [0.15, 0.2) is 47.4 Å². The lowest BCUT2D eigenvalue weighted by atomic mass is 10.0. The number of amides is 1. The lowest BCUT2D eigenvalue weighted by molar-refractivity contribution is 0.0985. The Morgan fingerprint density at radius 2 is 1.74 bits per heavy atom. The number of carbonyl (C=O) groups is 1. The Balaban J connectivity index is 1.67. The van der Waals surface area contributed by atoms with Crippen molar-refractivity contribution in [3.8, 4) is 0 Å². The smallest absolute Gasteiger partial charge is 0.258 e. The van der Waals surface area contributed by atoms with E-state index in [2.05, 4.69) is 0 Å². The number of benzene rings is 2. The number of fused-ring (bicyclic) bond motifs is 1. The molecule has 0 saturated carbocycles. The van der Waals surface area contributed by atoms with E-state index in [0.29, 0.717) is 35.1 Å². The minimum atomic E-state index is -3.46. The van der Waals surface area contributed by atoms with Crippen molar-refractivity contribution in [2.24, 2.45) is 0 Å². The molecule has 5 nitrogen and oxygen atoms in total. The van der Waals surface area contributed by atoms with E-state index in [1.54, 1.807) is 51.7 Å². The quantitative estimate of drug-likeness (QED) is 0.783. The van der Waals surface area contributed by atoms with Crippen molar-refractivity contribution >= 4 is 33.2 Å². The van der Waals surface area contributed by atoms with E-state index in [1.807, 2.05) is 0 Å². The van der Waals surface area contributed by atoms with Crippen molar-refractivity contribution in [1.29, 1.82) is 0 Å². The number of hydrogen-bond donors (Lipinski definition) is 0. The highest BCUT2D eigenvalue weighted by atomic mass is 35.5. The van der Waals surface area contributed by atoms with E-state index in [-0.39, 0.29) is 5.91 Å². The van der Waals surface area contributed by atoms with Gasteiger partial charge >= 0.3 is 0 Å². The minimum Gasteiger partial charge on any atom is -0.308 e. The maximum Gasteiger partial charge on any atom is 0.258 e. The van der Waals surface area contributed by atoms with Crippen LogP contribution in [0.2, 0.25) is 5.02 Å². The number of sulfonamides is 1. The number of carbonyl (C=O) groups excluding carboxylic acids is 1. The van der Waals surface area contributed by atoms with Gasteiger partial charge in [-0.25, -0.2) is 8.42 Å². The van der Waals surface area contributed by atoms with Crippen molar-refractivity contribution < 1.29 is 13.2 Å². The molecule has 0 N–H and O–H groups in total. The van der Waals surface area contributed by atoms with E-state index in [1.165, 1.54) is 0 Å². The Labute approximate surface area is 164 Å². The van der Waals surface area contributed by atoms with Crippen LogP contribution in [-0.2, 0) is 16.4 Å². The summed E-state index contributed by atoms with van der Waals surface area (Å²) in [5.74, 6) is -0.117. The largest absolute Gasteiger partial charge is 0.308 e. The average molecular weight is 405 g/mol. The normalized spacial score (nSPS) is 17.7. The molecule has 4 rings (SSSR count). The van der Waals surface area contributed by atoms with E-state index >= 15 is 0 Å². The Morgan fingerprint density at radius 3 is 2.48 bits per heavy atom. The van der Waals surface area contributed by atoms with E-state index < -0.39 is 10.0 Å². The summed E-state index contributed by atoms with van der Waals surface area (Å²) in [6, 6.07) is 12.0. The number of anilines is 1. The van der Waals surface area contributed by atoms with Gasteiger partial charge in [0.15, 0.2) is 0 Å². The zero-order valence-electron chi connectivity index (χ0n) is 14.9. The SMILES string of the molecule is O=C(c1cccc(Cl)c1)N1CCCc2cc(S(=O)(=O)N3CCCC3)ccc21. The van der Waals surface area contributed by atoms with Crippen LogP contribution >= 0.6 is 11.6 Å². The van der Waals surface area contributed by atoms with Gasteiger partial charge in [0.2, 0.25) is 10.0 Å². The van der Waals surface area contributed by atoms with Gasteiger partial charge in [0.1, 0.15) is 0 Å². The lowest BCUT2D eigenvalue weighted by Gasteiger charge is -2.30. The third-order valence-electron chi connectivity index (χ3n) is 5.19. The van der Waals surface area contributed by atoms with Crippen molar-refractivity contribution in [3.63, 3.8) is 0 Å². The summed E-state index contributed by atoms with van der Waals surface area (Å²) >= 11 is 6.02. The second-order valence-corrected chi connectivity index (χ2v) is 9.35. The highest BCUT2D eigenvalue weighted by Gasteiger charge is 2.30. The lowest BCUT2D eigenvalue weighted by Crippen LogP contribution is -2.35. The Hall–Kier alpha value is -1.89. The molecule has 0 radical (unpaired) electrons. The van der Waals surface area contributed by atoms with Crippen LogP contribution in [0.5, 0.6) is 0 Å². The first-order valence-corrected chi connectivity index (χ1v) is 11.0. The van der Waals surface area contributed by atoms with Crippen LogP contribution in [0.4, 0.5) is 5.69 Å². The third kappa shape index (κ3) is 3.49. The molecule has 0 bridgehead atoms. The van der Waals surface area contributed by atoms with Crippen molar-refractivity contribution in [2.45, 2.75) is 30.6 Å². The van der Waals surface area contributed by atoms with Gasteiger partial charge in [0, 0.05) is 35.9 Å². The summed E-state index contributed by atoms with van der Waals surface area (Å²) in [4.78, 5) is 15.0. The summed E-state index contributed by atoms with van der Waals surface area (Å²) in [5.41, 5.74) is 2.22. The van der Waals surface area contributed by atoms with Crippen LogP contribution < -0.4 is 4.90 Å². The van der Waals surface area contributed by atoms with Crippen LogP contribution in [0.25, 0.3) is 0 Å². The summed E-state index contributed by atoms with van der Waals surface area (Å²) in [5, 5.41) is 0.519. The molecule has 1 fully saturated rings. The van der Waals surface area contributed by atoms with Gasteiger partial charge in [-0.1, -0.05) is 17.7 Å². The number of halogens is 1. The van der Waals surface area contributed by atoms with Gasteiger partial charge in [-0.3, -0.25) is 4.79 Å². The molecule has 1 saturated heterocycles. The van der Waals surface area contributed by atoms with Crippen LogP contribution in [0.1, 0.15) is 35.2 Å². The standard InChI is InChI=1S/C20H21ClN2O3S/c21-17-7-3-5-16(13-17)20(24)23-12-4-6-15-14-18(8-9-19(15)23)27(25,26)22-10-1-2-11-22/h3,5,7-9,13-14H,1-2,4,6,10-12H2. The van der Waals surface area contributed by atoms with Crippen LogP contribution in [0.3, 0.4) is 0 Å². The number of aryl methyl sites for hydroxylation is 1. The average Bonchev–Trinajstić information content (AvgIpc) is 3.22. The van der Waals surface area contributed by atoms with Crippen molar-refractivity contribution in [3.05, 3.63) is 58.6 Å². The molecule has 2 aliphatic heterocycles. The zero-order chi connectivity index (χ0) is 19.0. The summed E-state index contributed by atoms with van der Waals surface area (Å²) in [6.45, 7) is 1.77. The van der Waals surface area contributed by atoms with Gasteiger partial charge < -0.3 is 4.90 Å². The molecule has 1 amide bonds. The molecule has 0 unspecified atom stereocenters. The van der Waals surface area contributed by atoms with Gasteiger partial charge in [0.25, 0.3) is 5.91 Å². The molecule has 0 atom stereocenters. The van der Waals surface area contributed by atoms with Gasteiger partial charge in [-0.15, -0.1) is 0 Å². The van der Waals surface area contributed by atoms with E-state index in [0.717, 1.165) is 36.9 Å². The molecule has 2 heterocycles. The summed E-state index contributed by atoms with van der Waals surface area (Å²) in [6.07, 6.45) is 3.38. The predicted octanol–water partition coefficient (Wildman–Crippen LogP) is 3.72. The van der Waals surface area contributed by atoms with E-state index in [9.17, 15) is 13.2 Å². The fraction of sp³-hybridized carbons (Fsp3) is 0.350. The zero-order valence-corrected chi connectivity index (χ0v) is 16.5. The van der Waals surface area contributed by atoms with Crippen molar-refractivity contribution in [2.75, 3.05) is 24.5 Å². The molecule has 7 heteroatoms. The first-order valence-electron chi connectivity index (χ1n) is 9.17. The molecule has 2 aromatic carbocycles. The number of nitrogens with zero attached hydrogens (tertiary/aromatic N) is 2. The Kier molecular flexibility index (Phi) is 4.97. The summed E-state index contributed by atoms with van der Waals surface area (Å²) < 4.78 is 27.2. The van der Waals surface area contributed by atoms with Crippen LogP contribution in [-0.4, -0.2) is 38.3 Å². The van der Waals surface area contributed by atoms with Gasteiger partial charge in [-0.2, -0.15) is 4.31 Å². The second kappa shape index (κ2) is 7.26. The maximum absolute atomic E-state index is 12.9.